The number of rotatable bonds is 5. The first-order chi connectivity index (χ1) is 7.96. The number of carbonyl (C=O) groups excluding carboxylic acids is 1. The summed E-state index contributed by atoms with van der Waals surface area (Å²) in [6, 6.07) is 6.40. The average molecular weight is 251 g/mol. The van der Waals surface area contributed by atoms with E-state index in [1.807, 2.05) is 0 Å². The van der Waals surface area contributed by atoms with Gasteiger partial charge in [-0.1, -0.05) is 18.7 Å². The first kappa shape index (κ1) is 12.9. The average Bonchev–Trinajstić information content (AvgIpc) is 2.29. The van der Waals surface area contributed by atoms with Crippen LogP contribution in [0.2, 0.25) is 0 Å². The fourth-order valence-electron chi connectivity index (χ4n) is 1.17. The first-order valence-corrected chi connectivity index (χ1v) is 6.19. The molecule has 1 aromatic carbocycles. The molecular weight excluding hydrogens is 240 g/mol. The molecule has 0 heterocycles. The topological polar surface area (TPSA) is 67.6 Å². The van der Waals surface area contributed by atoms with E-state index in [4.69, 9.17) is 6.57 Å². The van der Waals surface area contributed by atoms with Crippen LogP contribution in [0.1, 0.15) is 5.56 Å². The molecule has 0 spiro atoms. The van der Waals surface area contributed by atoms with Gasteiger partial charge in [-0.15, -0.1) is 0 Å². The Hall–Kier alpha value is -2.13. The van der Waals surface area contributed by atoms with E-state index in [1.165, 1.54) is 6.07 Å². The molecule has 6 heteroatoms. The Morgan fingerprint density at radius 2 is 2.24 bits per heavy atom. The maximum Gasteiger partial charge on any atom is 0.518 e. The van der Waals surface area contributed by atoms with E-state index >= 15 is 0 Å². The van der Waals surface area contributed by atoms with Gasteiger partial charge in [-0.05, 0) is 17.7 Å². The predicted octanol–water partition coefficient (Wildman–Crippen LogP) is 1.60. The molecule has 0 saturated heterocycles. The lowest BCUT2D eigenvalue weighted by Crippen LogP contribution is -2.08. The standard InChI is InChI=1S/C11H11N2O3S/c1-3-17(15,16)13-10-6-4-5-9(7-10)8-11(14)12-2/h2-7,13H,1,8H2/q+1. The van der Waals surface area contributed by atoms with E-state index in [-0.39, 0.29) is 6.42 Å². The predicted molar refractivity (Wildman–Crippen MR) is 66.2 cm³/mol. The van der Waals surface area contributed by atoms with Gasteiger partial charge >= 0.3 is 5.91 Å². The van der Waals surface area contributed by atoms with Gasteiger partial charge in [-0.3, -0.25) is 4.72 Å². The fraction of sp³-hybridized carbons (Fsp3) is 0.0909. The highest BCUT2D eigenvalue weighted by Crippen LogP contribution is 2.13. The molecule has 1 aromatic rings. The minimum absolute atomic E-state index is 0.0279. The molecule has 0 saturated carbocycles. The van der Waals surface area contributed by atoms with Crippen LogP contribution in [0.25, 0.3) is 4.85 Å². The quantitative estimate of drug-likeness (QED) is 0.864. The first-order valence-electron chi connectivity index (χ1n) is 4.65. The lowest BCUT2D eigenvalue weighted by molar-refractivity contribution is -0.114. The van der Waals surface area contributed by atoms with Crippen LogP contribution in [0, 0.1) is 6.57 Å². The van der Waals surface area contributed by atoms with Gasteiger partial charge in [0.1, 0.15) is 6.42 Å². The lowest BCUT2D eigenvalue weighted by Gasteiger charge is -2.04. The van der Waals surface area contributed by atoms with Crippen LogP contribution < -0.4 is 4.72 Å². The van der Waals surface area contributed by atoms with Crippen molar-refractivity contribution in [3.05, 3.63) is 46.7 Å². The zero-order valence-corrected chi connectivity index (χ0v) is 9.78. The molecule has 0 aliphatic carbocycles. The van der Waals surface area contributed by atoms with Crippen LogP contribution >= 0.6 is 0 Å². The summed E-state index contributed by atoms with van der Waals surface area (Å²) in [5.41, 5.74) is 0.973. The molecule has 1 N–H and O–H groups in total. The van der Waals surface area contributed by atoms with E-state index in [0.717, 1.165) is 5.41 Å². The number of hydrogen-bond acceptors (Lipinski definition) is 3. The Balaban J connectivity index is 2.91. The van der Waals surface area contributed by atoms with Crippen LogP contribution in [0.4, 0.5) is 5.69 Å². The van der Waals surface area contributed by atoms with Crippen molar-refractivity contribution in [3.8, 4) is 6.57 Å². The largest absolute Gasteiger partial charge is 0.518 e. The maximum absolute atomic E-state index is 11.2. The van der Waals surface area contributed by atoms with E-state index in [1.54, 1.807) is 18.2 Å². The number of nitrogens with one attached hydrogen (secondary N) is 1. The van der Waals surface area contributed by atoms with Gasteiger partial charge in [-0.25, -0.2) is 13.2 Å². The number of nitrogens with zero attached hydrogens (tertiary/aromatic N) is 1. The Labute approximate surface area is 99.6 Å². The summed E-state index contributed by atoms with van der Waals surface area (Å²) >= 11 is 0. The molecule has 0 aliphatic rings. The van der Waals surface area contributed by atoms with Crippen molar-refractivity contribution in [2.24, 2.45) is 0 Å². The Morgan fingerprint density at radius 3 is 2.82 bits per heavy atom. The number of hydrogen-bond donors (Lipinski definition) is 1. The summed E-state index contributed by atoms with van der Waals surface area (Å²) in [7, 11) is -3.54. The minimum Gasteiger partial charge on any atom is -0.280 e. The van der Waals surface area contributed by atoms with Gasteiger partial charge < -0.3 is 0 Å². The summed E-state index contributed by atoms with van der Waals surface area (Å²) in [6.45, 7) is 8.01. The van der Waals surface area contributed by atoms with Crippen LogP contribution in [-0.4, -0.2) is 14.3 Å². The molecule has 88 valence electrons. The van der Waals surface area contributed by atoms with Gasteiger partial charge in [0, 0.05) is 15.9 Å². The summed E-state index contributed by atoms with van der Waals surface area (Å²) in [6.07, 6.45) is 0.0279. The maximum atomic E-state index is 11.2. The van der Waals surface area contributed by atoms with Crippen LogP contribution in [-0.2, 0) is 21.2 Å². The fourth-order valence-corrected chi connectivity index (χ4v) is 1.71. The highest BCUT2D eigenvalue weighted by atomic mass is 32.2. The number of anilines is 1. The molecule has 0 radical (unpaired) electrons. The Morgan fingerprint density at radius 1 is 1.53 bits per heavy atom. The smallest absolute Gasteiger partial charge is 0.280 e. The summed E-state index contributed by atoms with van der Waals surface area (Å²) < 4.78 is 24.7. The number of sulfonamides is 1. The summed E-state index contributed by atoms with van der Waals surface area (Å²) in [5.74, 6) is -0.478. The molecular formula is C11H11N2O3S+. The number of benzene rings is 1. The van der Waals surface area contributed by atoms with Gasteiger partial charge in [0.05, 0.1) is 0 Å². The van der Waals surface area contributed by atoms with E-state index in [0.29, 0.717) is 11.3 Å². The third-order valence-corrected chi connectivity index (χ3v) is 2.86. The van der Waals surface area contributed by atoms with Crippen molar-refractivity contribution in [1.29, 1.82) is 0 Å². The lowest BCUT2D eigenvalue weighted by atomic mass is 10.1. The third-order valence-electron chi connectivity index (χ3n) is 1.91. The molecule has 17 heavy (non-hydrogen) atoms. The SMILES string of the molecule is C#[N+]C(=O)Cc1cccc(NS(=O)(=O)C=C)c1. The normalized spacial score (nSPS) is 10.3. The van der Waals surface area contributed by atoms with Crippen molar-refractivity contribution in [2.75, 3.05) is 4.72 Å². The van der Waals surface area contributed by atoms with Gasteiger partial charge in [0.25, 0.3) is 16.6 Å². The molecule has 0 fully saturated rings. The van der Waals surface area contributed by atoms with Crippen LogP contribution in [0.3, 0.4) is 0 Å². The summed E-state index contributed by atoms with van der Waals surface area (Å²) in [4.78, 5) is 14.0. The second kappa shape index (κ2) is 5.27. The van der Waals surface area contributed by atoms with E-state index in [9.17, 15) is 13.2 Å². The zero-order valence-electron chi connectivity index (χ0n) is 8.96. The Kier molecular flexibility index (Phi) is 4.01. The molecule has 0 unspecified atom stereocenters. The molecule has 0 atom stereocenters. The molecule has 5 nitrogen and oxygen atoms in total. The highest BCUT2D eigenvalue weighted by molar-refractivity contribution is 7.95. The van der Waals surface area contributed by atoms with E-state index < -0.39 is 15.9 Å². The van der Waals surface area contributed by atoms with Crippen molar-refractivity contribution < 1.29 is 13.2 Å². The van der Waals surface area contributed by atoms with Crippen LogP contribution in [0.5, 0.6) is 0 Å². The summed E-state index contributed by atoms with van der Waals surface area (Å²) in [5, 5.41) is 0.806. The van der Waals surface area contributed by atoms with Gasteiger partial charge in [0.15, 0.2) is 0 Å². The third kappa shape index (κ3) is 4.09. The number of carbonyl (C=O) groups is 1. The van der Waals surface area contributed by atoms with Crippen molar-refractivity contribution in [2.45, 2.75) is 6.42 Å². The zero-order chi connectivity index (χ0) is 12.9. The van der Waals surface area contributed by atoms with Gasteiger partial charge in [0.2, 0.25) is 0 Å². The minimum atomic E-state index is -3.54. The molecule has 0 aliphatic heterocycles. The number of amides is 1. The van der Waals surface area contributed by atoms with Crippen molar-refractivity contribution in [3.63, 3.8) is 0 Å². The molecule has 1 rings (SSSR count). The monoisotopic (exact) mass is 251 g/mol. The van der Waals surface area contributed by atoms with Crippen molar-refractivity contribution in [1.82, 2.24) is 0 Å². The second-order valence-corrected chi connectivity index (χ2v) is 4.84. The van der Waals surface area contributed by atoms with E-state index in [2.05, 4.69) is 16.1 Å². The highest BCUT2D eigenvalue weighted by Gasteiger charge is 2.12. The van der Waals surface area contributed by atoms with Crippen molar-refractivity contribution >= 4 is 21.6 Å². The molecule has 1 amide bonds. The van der Waals surface area contributed by atoms with Crippen LogP contribution in [0.15, 0.2) is 36.3 Å². The molecule has 0 bridgehead atoms. The molecule has 0 aromatic heterocycles. The Bertz CT molecular complexity index is 585. The second-order valence-electron chi connectivity index (χ2n) is 3.21. The van der Waals surface area contributed by atoms with Gasteiger partial charge in [-0.2, -0.15) is 0 Å².